The fourth-order valence-corrected chi connectivity index (χ4v) is 2.48. The number of amides is 1. The van der Waals surface area contributed by atoms with E-state index >= 15 is 0 Å². The van der Waals surface area contributed by atoms with Gasteiger partial charge in [-0.3, -0.25) is 9.79 Å². The fourth-order valence-electron chi connectivity index (χ4n) is 2.08. The smallest absolute Gasteiger partial charge is 0.251 e. The molecule has 6 nitrogen and oxygen atoms in total. The quantitative estimate of drug-likeness (QED) is 0.174. The van der Waals surface area contributed by atoms with E-state index in [1.54, 1.807) is 12.1 Å². The third kappa shape index (κ3) is 11.7. The Morgan fingerprint density at radius 2 is 1.92 bits per heavy atom. The van der Waals surface area contributed by atoms with Crippen molar-refractivity contribution in [3.8, 4) is 0 Å². The lowest BCUT2D eigenvalue weighted by molar-refractivity contribution is 0.0954. The second kappa shape index (κ2) is 16.3. The van der Waals surface area contributed by atoms with E-state index in [0.717, 1.165) is 49.6 Å². The van der Waals surface area contributed by atoms with E-state index in [1.807, 2.05) is 26.0 Å². The Bertz CT molecular complexity index is 544. The molecule has 0 aliphatic carbocycles. The van der Waals surface area contributed by atoms with Crippen LogP contribution in [0.2, 0.25) is 0 Å². The van der Waals surface area contributed by atoms with Crippen LogP contribution < -0.4 is 16.0 Å². The number of halogens is 2. The molecular formula is C18H30BrIN4O2. The second-order valence-electron chi connectivity index (χ2n) is 5.36. The van der Waals surface area contributed by atoms with Crippen molar-refractivity contribution >= 4 is 51.8 Å². The van der Waals surface area contributed by atoms with Crippen LogP contribution in [0.1, 0.15) is 37.0 Å². The first-order valence-electron chi connectivity index (χ1n) is 8.81. The number of hydrogen-bond donors (Lipinski definition) is 3. The van der Waals surface area contributed by atoms with Crippen molar-refractivity contribution in [2.75, 3.05) is 39.4 Å². The number of carbonyl (C=O) groups is 1. The predicted molar refractivity (Wildman–Crippen MR) is 122 cm³/mol. The highest BCUT2D eigenvalue weighted by Gasteiger charge is 2.05. The largest absolute Gasteiger partial charge is 0.382 e. The Morgan fingerprint density at radius 1 is 1.15 bits per heavy atom. The van der Waals surface area contributed by atoms with Gasteiger partial charge in [0.25, 0.3) is 5.91 Å². The lowest BCUT2D eigenvalue weighted by atomic mass is 10.2. The number of nitrogens with zero attached hydrogens (tertiary/aromatic N) is 1. The number of rotatable bonds is 11. The molecule has 0 heterocycles. The molecule has 0 aliphatic rings. The van der Waals surface area contributed by atoms with Crippen LogP contribution in [0.3, 0.4) is 0 Å². The minimum absolute atomic E-state index is 0. The molecule has 0 saturated carbocycles. The van der Waals surface area contributed by atoms with Crippen molar-refractivity contribution < 1.29 is 9.53 Å². The van der Waals surface area contributed by atoms with Gasteiger partial charge in [0.2, 0.25) is 0 Å². The van der Waals surface area contributed by atoms with Crippen molar-refractivity contribution in [2.45, 2.75) is 26.7 Å². The second-order valence-corrected chi connectivity index (χ2v) is 6.27. The third-order valence-electron chi connectivity index (χ3n) is 3.30. The number of unbranched alkanes of at least 4 members (excludes halogenated alkanes) is 1. The van der Waals surface area contributed by atoms with Crippen molar-refractivity contribution in [3.05, 3.63) is 34.3 Å². The van der Waals surface area contributed by atoms with E-state index in [0.29, 0.717) is 18.7 Å². The van der Waals surface area contributed by atoms with Crippen molar-refractivity contribution in [1.29, 1.82) is 0 Å². The zero-order valence-electron chi connectivity index (χ0n) is 15.5. The molecule has 1 aromatic carbocycles. The Balaban J connectivity index is 0.00000625. The number of guanidine groups is 1. The van der Waals surface area contributed by atoms with Gasteiger partial charge in [-0.1, -0.05) is 22.0 Å². The first-order chi connectivity index (χ1) is 12.2. The van der Waals surface area contributed by atoms with Crippen LogP contribution in [0.5, 0.6) is 0 Å². The molecule has 1 aromatic rings. The van der Waals surface area contributed by atoms with Crippen molar-refractivity contribution in [1.82, 2.24) is 16.0 Å². The maximum atomic E-state index is 12.0. The molecule has 0 saturated heterocycles. The highest BCUT2D eigenvalue weighted by molar-refractivity contribution is 14.0. The van der Waals surface area contributed by atoms with E-state index in [2.05, 4.69) is 36.9 Å². The van der Waals surface area contributed by atoms with Gasteiger partial charge in [-0.15, -0.1) is 24.0 Å². The Labute approximate surface area is 182 Å². The molecule has 0 fully saturated rings. The Morgan fingerprint density at radius 3 is 2.62 bits per heavy atom. The van der Waals surface area contributed by atoms with Gasteiger partial charge in [0.1, 0.15) is 0 Å². The van der Waals surface area contributed by atoms with Crippen LogP contribution in [0.15, 0.2) is 33.7 Å². The lowest BCUT2D eigenvalue weighted by Crippen LogP contribution is -2.41. The Kier molecular flexibility index (Phi) is 15.8. The lowest BCUT2D eigenvalue weighted by Gasteiger charge is -2.12. The molecule has 0 unspecified atom stereocenters. The van der Waals surface area contributed by atoms with Gasteiger partial charge in [0.05, 0.1) is 0 Å². The summed E-state index contributed by atoms with van der Waals surface area (Å²) in [4.78, 5) is 16.6. The van der Waals surface area contributed by atoms with Crippen LogP contribution in [0, 0.1) is 0 Å². The highest BCUT2D eigenvalue weighted by atomic mass is 127. The molecule has 26 heavy (non-hydrogen) atoms. The molecule has 3 N–H and O–H groups in total. The summed E-state index contributed by atoms with van der Waals surface area (Å²) in [6, 6.07) is 7.34. The van der Waals surface area contributed by atoms with Crippen LogP contribution >= 0.6 is 39.9 Å². The molecule has 0 radical (unpaired) electrons. The molecule has 1 rings (SSSR count). The van der Waals surface area contributed by atoms with Gasteiger partial charge in [-0.05, 0) is 44.9 Å². The number of benzene rings is 1. The summed E-state index contributed by atoms with van der Waals surface area (Å²) >= 11 is 3.37. The van der Waals surface area contributed by atoms with E-state index in [1.165, 1.54) is 0 Å². The number of aliphatic imine (C=N–C) groups is 1. The minimum Gasteiger partial charge on any atom is -0.382 e. The summed E-state index contributed by atoms with van der Waals surface area (Å²) in [5.41, 5.74) is 0.643. The molecule has 0 aliphatic heterocycles. The average molecular weight is 541 g/mol. The average Bonchev–Trinajstić information content (AvgIpc) is 2.61. The summed E-state index contributed by atoms with van der Waals surface area (Å²) in [6.07, 6.45) is 2.01. The summed E-state index contributed by atoms with van der Waals surface area (Å²) < 4.78 is 6.20. The van der Waals surface area contributed by atoms with Crippen LogP contribution in [-0.2, 0) is 4.74 Å². The first-order valence-corrected chi connectivity index (χ1v) is 9.60. The van der Waals surface area contributed by atoms with E-state index < -0.39 is 0 Å². The predicted octanol–water partition coefficient (Wildman–Crippen LogP) is 3.17. The fraction of sp³-hybridized carbons (Fsp3) is 0.556. The summed E-state index contributed by atoms with van der Waals surface area (Å²) in [7, 11) is 0. The summed E-state index contributed by atoms with van der Waals surface area (Å²) in [6.45, 7) is 8.28. The van der Waals surface area contributed by atoms with E-state index in [4.69, 9.17) is 4.74 Å². The van der Waals surface area contributed by atoms with Gasteiger partial charge < -0.3 is 20.7 Å². The molecule has 148 valence electrons. The van der Waals surface area contributed by atoms with Gasteiger partial charge in [-0.2, -0.15) is 0 Å². The SMILES string of the molecule is CCNC(=NCCCCOCC)NCCNC(=O)c1cccc(Br)c1.I. The molecular weight excluding hydrogens is 511 g/mol. The molecule has 0 spiro atoms. The van der Waals surface area contributed by atoms with Gasteiger partial charge >= 0.3 is 0 Å². The number of hydrogen-bond acceptors (Lipinski definition) is 3. The monoisotopic (exact) mass is 540 g/mol. The zero-order chi connectivity index (χ0) is 18.3. The third-order valence-corrected chi connectivity index (χ3v) is 3.80. The van der Waals surface area contributed by atoms with Crippen molar-refractivity contribution in [2.24, 2.45) is 4.99 Å². The standard InChI is InChI=1S/C18H29BrN4O2.HI/c1-3-20-18(22-10-5-6-13-25-4-2)23-12-11-21-17(24)15-8-7-9-16(19)14-15;/h7-9,14H,3-6,10-13H2,1-2H3,(H,21,24)(H2,20,22,23);1H. The van der Waals surface area contributed by atoms with E-state index in [9.17, 15) is 4.79 Å². The normalized spacial score (nSPS) is 10.8. The number of ether oxygens (including phenoxy) is 1. The number of carbonyl (C=O) groups excluding carboxylic acids is 1. The summed E-state index contributed by atoms with van der Waals surface area (Å²) in [5.74, 6) is 0.691. The molecule has 1 amide bonds. The molecule has 0 atom stereocenters. The van der Waals surface area contributed by atoms with Crippen LogP contribution in [0.25, 0.3) is 0 Å². The topological polar surface area (TPSA) is 74.8 Å². The molecule has 0 aromatic heterocycles. The molecule has 0 bridgehead atoms. The molecule has 8 heteroatoms. The van der Waals surface area contributed by atoms with Crippen LogP contribution in [0.4, 0.5) is 0 Å². The van der Waals surface area contributed by atoms with E-state index in [-0.39, 0.29) is 29.9 Å². The van der Waals surface area contributed by atoms with Crippen LogP contribution in [-0.4, -0.2) is 51.3 Å². The van der Waals surface area contributed by atoms with Crippen molar-refractivity contribution in [3.63, 3.8) is 0 Å². The maximum Gasteiger partial charge on any atom is 0.251 e. The maximum absolute atomic E-state index is 12.0. The first kappa shape index (κ1) is 25.1. The zero-order valence-corrected chi connectivity index (χ0v) is 19.4. The van der Waals surface area contributed by atoms with Gasteiger partial charge in [0.15, 0.2) is 5.96 Å². The summed E-state index contributed by atoms with van der Waals surface area (Å²) in [5, 5.41) is 9.32. The van der Waals surface area contributed by atoms with Gasteiger partial charge in [0, 0.05) is 49.4 Å². The minimum atomic E-state index is -0.0824. The Hall–Kier alpha value is -0.870. The van der Waals surface area contributed by atoms with Gasteiger partial charge in [-0.25, -0.2) is 0 Å². The number of nitrogens with one attached hydrogen (secondary N) is 3. The highest BCUT2D eigenvalue weighted by Crippen LogP contribution is 2.11.